The number of nitrogens with zero attached hydrogens (tertiary/aromatic N) is 1. The second-order valence-electron chi connectivity index (χ2n) is 7.50. The van der Waals surface area contributed by atoms with Crippen molar-refractivity contribution in [3.8, 4) is 11.1 Å². The maximum absolute atomic E-state index is 15.9. The third-order valence-electron chi connectivity index (χ3n) is 4.88. The van der Waals surface area contributed by atoms with Crippen LogP contribution in [0.25, 0.3) is 21.3 Å². The van der Waals surface area contributed by atoms with Gasteiger partial charge in [-0.2, -0.15) is 5.23 Å². The van der Waals surface area contributed by atoms with Crippen LogP contribution in [0, 0.1) is 11.0 Å². The first-order valence-corrected chi connectivity index (χ1v) is 11.2. The Bertz CT molecular complexity index is 1390. The van der Waals surface area contributed by atoms with Gasteiger partial charge in [0.15, 0.2) is 10.8 Å². The van der Waals surface area contributed by atoms with E-state index in [0.717, 1.165) is 5.56 Å². The van der Waals surface area contributed by atoms with Gasteiger partial charge < -0.3 is 9.94 Å². The first-order valence-electron chi connectivity index (χ1n) is 10.1. The zero-order valence-corrected chi connectivity index (χ0v) is 19.5. The molecule has 10 heteroatoms. The van der Waals surface area contributed by atoms with Crippen LogP contribution in [0.3, 0.4) is 0 Å². The molecule has 7 nitrogen and oxygen atoms in total. The van der Waals surface area contributed by atoms with Gasteiger partial charge in [-0.1, -0.05) is 53.8 Å². The van der Waals surface area contributed by atoms with E-state index in [1.54, 1.807) is 49.4 Å². The highest BCUT2D eigenvalue weighted by Gasteiger charge is 2.20. The fourth-order valence-electron chi connectivity index (χ4n) is 3.44. The summed E-state index contributed by atoms with van der Waals surface area (Å²) in [5, 5.41) is 22.4. The highest BCUT2D eigenvalue weighted by molar-refractivity contribution is 7.22. The molecule has 1 unspecified atom stereocenters. The van der Waals surface area contributed by atoms with Gasteiger partial charge in [-0.25, -0.2) is 19.4 Å². The molecule has 0 aliphatic carbocycles. The van der Waals surface area contributed by atoms with Gasteiger partial charge in [-0.3, -0.25) is 5.32 Å². The van der Waals surface area contributed by atoms with E-state index in [2.05, 4.69) is 16.9 Å². The third-order valence-corrected chi connectivity index (χ3v) is 6.03. The summed E-state index contributed by atoms with van der Waals surface area (Å²) in [5.74, 6) is -0.251. The van der Waals surface area contributed by atoms with Crippen LogP contribution in [0.2, 0.25) is 5.02 Å². The number of amides is 1. The summed E-state index contributed by atoms with van der Waals surface area (Å²) in [7, 11) is 0. The Kier molecular flexibility index (Phi) is 6.92. The minimum absolute atomic E-state index is 0.152. The van der Waals surface area contributed by atoms with Crippen molar-refractivity contribution >= 4 is 50.1 Å². The summed E-state index contributed by atoms with van der Waals surface area (Å²) >= 11 is 7.34. The number of fused-ring (bicyclic) bond motifs is 1. The van der Waals surface area contributed by atoms with Crippen LogP contribution in [0.4, 0.5) is 20.0 Å². The van der Waals surface area contributed by atoms with Gasteiger partial charge in [0.1, 0.15) is 5.82 Å². The van der Waals surface area contributed by atoms with Crippen LogP contribution in [-0.4, -0.2) is 16.3 Å². The molecule has 1 amide bonds. The normalized spacial score (nSPS) is 11.9. The molecule has 0 bridgehead atoms. The Hall–Kier alpha value is -3.34. The first-order chi connectivity index (χ1) is 16.2. The highest BCUT2D eigenvalue weighted by Crippen LogP contribution is 2.39. The molecule has 0 saturated carbocycles. The standard InChI is InChI=1S/C24H19ClFN3O4S/c1-13(2)33-24(30)28-23-27-22-19(34-23)12-16(10-14-6-8-18(9-7-14)29(31)32)21(26)20(22)15-4-3-5-17(25)11-15/h3-9,11-12,29,31H,1,10H2,2H3,(H,27,28,30). The van der Waals surface area contributed by atoms with E-state index in [4.69, 9.17) is 21.5 Å². The highest BCUT2D eigenvalue weighted by atomic mass is 35.5. The summed E-state index contributed by atoms with van der Waals surface area (Å²) in [6.45, 7) is 5.07. The van der Waals surface area contributed by atoms with Crippen molar-refractivity contribution in [2.45, 2.75) is 13.3 Å². The summed E-state index contributed by atoms with van der Waals surface area (Å²) in [6, 6.07) is 14.7. The van der Waals surface area contributed by atoms with Crippen molar-refractivity contribution < 1.29 is 24.4 Å². The predicted molar refractivity (Wildman–Crippen MR) is 130 cm³/mol. The quantitative estimate of drug-likeness (QED) is 0.229. The Labute approximate surface area is 203 Å². The zero-order chi connectivity index (χ0) is 24.4. The van der Waals surface area contributed by atoms with Crippen molar-refractivity contribution in [1.29, 1.82) is 0 Å². The Balaban J connectivity index is 1.80. The number of carbonyl (C=O) groups excluding carboxylic acids is 1. The lowest BCUT2D eigenvalue weighted by Crippen LogP contribution is -2.99. The number of ether oxygens (including phenoxy) is 1. The summed E-state index contributed by atoms with van der Waals surface area (Å²) in [4.78, 5) is 16.4. The molecule has 1 atom stereocenters. The number of quaternary nitrogens is 1. The number of benzene rings is 3. The third kappa shape index (κ3) is 5.24. The maximum atomic E-state index is 15.9. The van der Waals surface area contributed by atoms with Crippen LogP contribution in [0.5, 0.6) is 0 Å². The molecule has 34 heavy (non-hydrogen) atoms. The van der Waals surface area contributed by atoms with E-state index in [-0.39, 0.29) is 28.6 Å². The minimum Gasteiger partial charge on any atom is -0.595 e. The number of rotatable bonds is 6. The lowest BCUT2D eigenvalue weighted by Gasteiger charge is -2.13. The summed E-state index contributed by atoms with van der Waals surface area (Å²) in [6.07, 6.45) is -0.511. The molecule has 1 aromatic heterocycles. The van der Waals surface area contributed by atoms with E-state index >= 15 is 4.39 Å². The number of carbonyl (C=O) groups is 1. The number of thiazole rings is 1. The van der Waals surface area contributed by atoms with Crippen molar-refractivity contribution in [2.75, 3.05) is 5.32 Å². The van der Waals surface area contributed by atoms with Crippen LogP contribution < -0.4 is 10.5 Å². The largest absolute Gasteiger partial charge is 0.595 e. The summed E-state index contributed by atoms with van der Waals surface area (Å²) in [5.41, 5.74) is 2.46. The molecule has 4 rings (SSSR count). The Morgan fingerprint density at radius 3 is 2.68 bits per heavy atom. The minimum atomic E-state index is -1.03. The SMILES string of the molecule is C=C(C)OC(=O)Nc1nc2c(-c3cccc(Cl)c3)c(F)c(Cc3ccc([NH+]([O-])O)cc3)cc2s1. The van der Waals surface area contributed by atoms with Gasteiger partial charge in [0.2, 0.25) is 0 Å². The van der Waals surface area contributed by atoms with Crippen molar-refractivity contribution in [3.63, 3.8) is 0 Å². The molecule has 0 aliphatic rings. The molecule has 0 saturated heterocycles. The van der Waals surface area contributed by atoms with Crippen LogP contribution >= 0.6 is 22.9 Å². The fraction of sp³-hybridized carbons (Fsp3) is 0.0833. The number of hydrogen-bond donors (Lipinski definition) is 3. The maximum Gasteiger partial charge on any atom is 0.418 e. The molecule has 1 heterocycles. The summed E-state index contributed by atoms with van der Waals surface area (Å²) < 4.78 is 21.4. The van der Waals surface area contributed by atoms with Crippen molar-refractivity contribution in [1.82, 2.24) is 4.98 Å². The molecular formula is C24H19ClFN3O4S. The van der Waals surface area contributed by atoms with Gasteiger partial charge >= 0.3 is 6.09 Å². The number of aromatic nitrogens is 1. The van der Waals surface area contributed by atoms with E-state index < -0.39 is 17.1 Å². The van der Waals surface area contributed by atoms with Crippen LogP contribution in [-0.2, 0) is 11.2 Å². The molecule has 3 aromatic carbocycles. The van der Waals surface area contributed by atoms with E-state index in [0.29, 0.717) is 26.4 Å². The number of nitrogens with one attached hydrogen (secondary N) is 2. The van der Waals surface area contributed by atoms with Gasteiger partial charge in [0.25, 0.3) is 0 Å². The average Bonchev–Trinajstić information content (AvgIpc) is 3.15. The monoisotopic (exact) mass is 499 g/mol. The van der Waals surface area contributed by atoms with Gasteiger partial charge in [0, 0.05) is 29.1 Å². The number of hydrogen-bond acceptors (Lipinski definition) is 6. The average molecular weight is 500 g/mol. The lowest BCUT2D eigenvalue weighted by atomic mass is 9.97. The second kappa shape index (κ2) is 9.88. The van der Waals surface area contributed by atoms with Crippen LogP contribution in [0.15, 0.2) is 66.9 Å². The topological polar surface area (TPSA) is 99.0 Å². The van der Waals surface area contributed by atoms with E-state index in [9.17, 15) is 10.0 Å². The van der Waals surface area contributed by atoms with E-state index in [1.807, 2.05) is 0 Å². The van der Waals surface area contributed by atoms with Crippen LogP contribution in [0.1, 0.15) is 18.1 Å². The molecule has 0 spiro atoms. The molecule has 3 N–H and O–H groups in total. The number of halogens is 2. The first kappa shape index (κ1) is 23.8. The number of anilines is 1. The van der Waals surface area contributed by atoms with Gasteiger partial charge in [-0.05, 0) is 41.8 Å². The van der Waals surface area contributed by atoms with Crippen molar-refractivity contribution in [2.24, 2.45) is 0 Å². The Morgan fingerprint density at radius 2 is 2.03 bits per heavy atom. The van der Waals surface area contributed by atoms with Crippen molar-refractivity contribution in [3.05, 3.63) is 94.1 Å². The predicted octanol–water partition coefficient (Wildman–Crippen LogP) is 5.83. The molecular weight excluding hydrogens is 481 g/mol. The zero-order valence-electron chi connectivity index (χ0n) is 17.9. The molecule has 0 fully saturated rings. The molecule has 0 radical (unpaired) electrons. The second-order valence-corrected chi connectivity index (χ2v) is 8.96. The smallest absolute Gasteiger partial charge is 0.418 e. The van der Waals surface area contributed by atoms with Gasteiger partial charge in [-0.15, -0.1) is 0 Å². The Morgan fingerprint density at radius 1 is 1.29 bits per heavy atom. The fourth-order valence-corrected chi connectivity index (χ4v) is 4.56. The molecule has 0 aliphatic heterocycles. The van der Waals surface area contributed by atoms with E-state index in [1.165, 1.54) is 23.5 Å². The molecule has 174 valence electrons. The molecule has 4 aromatic rings. The lowest BCUT2D eigenvalue weighted by molar-refractivity contribution is -0.991. The number of allylic oxidation sites excluding steroid dienone is 1. The van der Waals surface area contributed by atoms with Gasteiger partial charge in [0.05, 0.1) is 16.0 Å².